The lowest BCUT2D eigenvalue weighted by atomic mass is 10.1. The van der Waals surface area contributed by atoms with E-state index in [2.05, 4.69) is 0 Å². The molecule has 1 heterocycles. The van der Waals surface area contributed by atoms with E-state index in [9.17, 15) is 4.79 Å². The molecule has 0 aliphatic carbocycles. The number of benzene rings is 1. The molecule has 0 bridgehead atoms. The Morgan fingerprint density at radius 2 is 2.33 bits per heavy atom. The molecule has 2 N–H and O–H groups in total. The van der Waals surface area contributed by atoms with E-state index in [-0.39, 0.29) is 5.91 Å². The fraction of sp³-hybridized carbons (Fsp3) is 0.364. The Kier molecular flexibility index (Phi) is 2.60. The first-order valence-electron chi connectivity index (χ1n) is 5.00. The van der Waals surface area contributed by atoms with Gasteiger partial charge in [-0.15, -0.1) is 0 Å². The van der Waals surface area contributed by atoms with Gasteiger partial charge in [-0.05, 0) is 25.0 Å². The highest BCUT2D eigenvalue weighted by atomic mass is 16.7. The lowest BCUT2D eigenvalue weighted by molar-refractivity contribution is -0.0768. The van der Waals surface area contributed by atoms with Crippen LogP contribution in [0.5, 0.6) is 0 Å². The largest absolute Gasteiger partial charge is 0.398 e. The van der Waals surface area contributed by atoms with Crippen molar-refractivity contribution in [2.45, 2.75) is 13.3 Å². The van der Waals surface area contributed by atoms with E-state index in [1.54, 1.807) is 6.07 Å². The number of hydrogen-bond donors (Lipinski definition) is 1. The molecule has 1 aliphatic heterocycles. The van der Waals surface area contributed by atoms with Crippen LogP contribution in [0.3, 0.4) is 0 Å². The topological polar surface area (TPSA) is 55.6 Å². The second-order valence-corrected chi connectivity index (χ2v) is 3.63. The van der Waals surface area contributed by atoms with Crippen molar-refractivity contribution in [3.8, 4) is 0 Å². The summed E-state index contributed by atoms with van der Waals surface area (Å²) >= 11 is 0. The number of rotatable bonds is 1. The van der Waals surface area contributed by atoms with Crippen molar-refractivity contribution < 1.29 is 9.63 Å². The molecular formula is C11H14N2O2. The van der Waals surface area contributed by atoms with Crippen molar-refractivity contribution in [2.24, 2.45) is 0 Å². The summed E-state index contributed by atoms with van der Waals surface area (Å²) in [6.45, 7) is 3.13. The average Bonchev–Trinajstić information content (AvgIpc) is 2.69. The quantitative estimate of drug-likeness (QED) is 0.706. The van der Waals surface area contributed by atoms with Crippen molar-refractivity contribution in [1.29, 1.82) is 0 Å². The number of anilines is 1. The third kappa shape index (κ3) is 1.80. The molecule has 0 unspecified atom stereocenters. The van der Waals surface area contributed by atoms with Gasteiger partial charge in [0.1, 0.15) is 0 Å². The van der Waals surface area contributed by atoms with Gasteiger partial charge in [-0.3, -0.25) is 9.63 Å². The Morgan fingerprint density at radius 3 is 2.93 bits per heavy atom. The number of nitrogen functional groups attached to an aromatic ring is 1. The second-order valence-electron chi connectivity index (χ2n) is 3.63. The monoisotopic (exact) mass is 206 g/mol. The van der Waals surface area contributed by atoms with E-state index in [1.807, 2.05) is 19.1 Å². The van der Waals surface area contributed by atoms with Gasteiger partial charge >= 0.3 is 0 Å². The first kappa shape index (κ1) is 9.98. The molecule has 1 aliphatic rings. The van der Waals surface area contributed by atoms with Crippen LogP contribution < -0.4 is 5.73 Å². The molecule has 0 spiro atoms. The van der Waals surface area contributed by atoms with Crippen molar-refractivity contribution >= 4 is 11.6 Å². The molecule has 15 heavy (non-hydrogen) atoms. The predicted molar refractivity (Wildman–Crippen MR) is 57.2 cm³/mol. The van der Waals surface area contributed by atoms with Crippen LogP contribution in [0.1, 0.15) is 22.3 Å². The van der Waals surface area contributed by atoms with E-state index in [0.717, 1.165) is 12.0 Å². The summed E-state index contributed by atoms with van der Waals surface area (Å²) in [4.78, 5) is 17.2. The maximum absolute atomic E-state index is 12.0. The predicted octanol–water partition coefficient (Wildman–Crippen LogP) is 1.35. The van der Waals surface area contributed by atoms with Gasteiger partial charge in [-0.2, -0.15) is 0 Å². The van der Waals surface area contributed by atoms with Gasteiger partial charge in [-0.1, -0.05) is 12.1 Å². The van der Waals surface area contributed by atoms with Crippen molar-refractivity contribution in [3.05, 3.63) is 29.3 Å². The lowest BCUT2D eigenvalue weighted by Crippen LogP contribution is -2.27. The molecule has 0 radical (unpaired) electrons. The van der Waals surface area contributed by atoms with Gasteiger partial charge < -0.3 is 5.73 Å². The second kappa shape index (κ2) is 3.90. The van der Waals surface area contributed by atoms with Gasteiger partial charge in [0.2, 0.25) is 0 Å². The Morgan fingerprint density at radius 1 is 1.53 bits per heavy atom. The summed E-state index contributed by atoms with van der Waals surface area (Å²) in [5.41, 5.74) is 7.74. The maximum atomic E-state index is 12.0. The van der Waals surface area contributed by atoms with Gasteiger partial charge in [-0.25, -0.2) is 5.06 Å². The molecular weight excluding hydrogens is 192 g/mol. The minimum Gasteiger partial charge on any atom is -0.398 e. The van der Waals surface area contributed by atoms with Gasteiger partial charge in [0.05, 0.1) is 18.7 Å². The van der Waals surface area contributed by atoms with Gasteiger partial charge in [0.25, 0.3) is 5.91 Å². The first-order valence-corrected chi connectivity index (χ1v) is 5.00. The third-order valence-electron chi connectivity index (χ3n) is 2.50. The maximum Gasteiger partial charge on any atom is 0.279 e. The standard InChI is InChI=1S/C11H14N2O2/c1-8-4-2-5-9(12)10(8)11(14)13-6-3-7-15-13/h2,4-5H,3,6-7,12H2,1H3. The van der Waals surface area contributed by atoms with Crippen LogP contribution in [0.25, 0.3) is 0 Å². The molecule has 0 aromatic heterocycles. The number of nitrogens with zero attached hydrogens (tertiary/aromatic N) is 1. The highest BCUT2D eigenvalue weighted by molar-refractivity contribution is 6.00. The summed E-state index contributed by atoms with van der Waals surface area (Å²) in [7, 11) is 0. The zero-order chi connectivity index (χ0) is 10.8. The molecule has 2 rings (SSSR count). The van der Waals surface area contributed by atoms with Crippen LogP contribution in [0.4, 0.5) is 5.69 Å². The van der Waals surface area contributed by atoms with E-state index < -0.39 is 0 Å². The molecule has 1 aromatic rings. The van der Waals surface area contributed by atoms with Crippen LogP contribution in [0, 0.1) is 6.92 Å². The van der Waals surface area contributed by atoms with Crippen LogP contribution >= 0.6 is 0 Å². The van der Waals surface area contributed by atoms with Gasteiger partial charge in [0, 0.05) is 5.69 Å². The van der Waals surface area contributed by atoms with Crippen LogP contribution in [0.2, 0.25) is 0 Å². The molecule has 1 aromatic carbocycles. The first-order chi connectivity index (χ1) is 7.20. The summed E-state index contributed by atoms with van der Waals surface area (Å²) in [5, 5.41) is 1.39. The fourth-order valence-corrected chi connectivity index (χ4v) is 1.71. The Hall–Kier alpha value is -1.55. The molecule has 4 nitrogen and oxygen atoms in total. The highest BCUT2D eigenvalue weighted by Crippen LogP contribution is 2.20. The summed E-state index contributed by atoms with van der Waals surface area (Å²) < 4.78 is 0. The van der Waals surface area contributed by atoms with Crippen molar-refractivity contribution in [1.82, 2.24) is 5.06 Å². The number of hydroxylamine groups is 2. The molecule has 4 heteroatoms. The minimum atomic E-state index is -0.136. The SMILES string of the molecule is Cc1cccc(N)c1C(=O)N1CCCO1. The molecule has 1 fully saturated rings. The van der Waals surface area contributed by atoms with Crippen molar-refractivity contribution in [3.63, 3.8) is 0 Å². The van der Waals surface area contributed by atoms with Gasteiger partial charge in [0.15, 0.2) is 0 Å². The molecule has 1 amide bonds. The highest BCUT2D eigenvalue weighted by Gasteiger charge is 2.23. The Balaban J connectivity index is 2.32. The smallest absolute Gasteiger partial charge is 0.279 e. The number of amides is 1. The number of carbonyl (C=O) groups excluding carboxylic acids is 1. The van der Waals surface area contributed by atoms with Crippen LogP contribution in [0.15, 0.2) is 18.2 Å². The van der Waals surface area contributed by atoms with E-state index in [0.29, 0.717) is 24.4 Å². The molecule has 80 valence electrons. The lowest BCUT2D eigenvalue weighted by Gasteiger charge is -2.16. The normalized spacial score (nSPS) is 15.7. The van der Waals surface area contributed by atoms with Crippen molar-refractivity contribution in [2.75, 3.05) is 18.9 Å². The molecule has 0 atom stereocenters. The van der Waals surface area contributed by atoms with Crippen LogP contribution in [-0.4, -0.2) is 24.1 Å². The average molecular weight is 206 g/mol. The summed E-state index contributed by atoms with van der Waals surface area (Å²) in [6.07, 6.45) is 0.886. The number of hydrogen-bond acceptors (Lipinski definition) is 3. The van der Waals surface area contributed by atoms with E-state index in [4.69, 9.17) is 10.6 Å². The Bertz CT molecular complexity index is 364. The van der Waals surface area contributed by atoms with Crippen LogP contribution in [-0.2, 0) is 4.84 Å². The zero-order valence-electron chi connectivity index (χ0n) is 8.69. The summed E-state index contributed by atoms with van der Waals surface area (Å²) in [6, 6.07) is 5.45. The number of carbonyl (C=O) groups is 1. The Labute approximate surface area is 88.6 Å². The zero-order valence-corrected chi connectivity index (χ0v) is 8.69. The van der Waals surface area contributed by atoms with E-state index in [1.165, 1.54) is 5.06 Å². The number of aryl methyl sites for hydroxylation is 1. The minimum absolute atomic E-state index is 0.136. The number of nitrogens with two attached hydrogens (primary N) is 1. The van der Waals surface area contributed by atoms with E-state index >= 15 is 0 Å². The summed E-state index contributed by atoms with van der Waals surface area (Å²) in [5.74, 6) is -0.136. The molecule has 0 saturated carbocycles. The fourth-order valence-electron chi connectivity index (χ4n) is 1.71. The third-order valence-corrected chi connectivity index (χ3v) is 2.50. The molecule has 1 saturated heterocycles.